The summed E-state index contributed by atoms with van der Waals surface area (Å²) in [6.07, 6.45) is 0. The molecule has 4 heteroatoms. The second-order valence-electron chi connectivity index (χ2n) is 5.16. The number of amides is 1. The Balaban J connectivity index is 2.91. The van der Waals surface area contributed by atoms with Gasteiger partial charge in [0.05, 0.1) is 11.5 Å². The van der Waals surface area contributed by atoms with Crippen LogP contribution >= 0.6 is 23.2 Å². The van der Waals surface area contributed by atoms with Crippen molar-refractivity contribution in [2.24, 2.45) is 5.41 Å². The molecule has 0 aliphatic heterocycles. The zero-order valence-corrected chi connectivity index (χ0v) is 12.7. The smallest absolute Gasteiger partial charge is 0.229 e. The van der Waals surface area contributed by atoms with Crippen molar-refractivity contribution in [1.29, 1.82) is 0 Å². The molecule has 0 aliphatic carbocycles. The van der Waals surface area contributed by atoms with Gasteiger partial charge in [0.1, 0.15) is 0 Å². The molecule has 1 aromatic rings. The highest BCUT2D eigenvalue weighted by Crippen LogP contribution is 2.27. The van der Waals surface area contributed by atoms with Crippen molar-refractivity contribution >= 4 is 29.1 Å². The molecule has 0 radical (unpaired) electrons. The van der Waals surface area contributed by atoms with Gasteiger partial charge in [-0.25, -0.2) is 0 Å². The highest BCUT2D eigenvalue weighted by Gasteiger charge is 2.31. The molecule has 100 valence electrons. The predicted octanol–water partition coefficient (Wildman–Crippen LogP) is 4.12. The molecule has 1 unspecified atom stereocenters. The Bertz CT molecular complexity index is 432. The number of halogens is 2. The van der Waals surface area contributed by atoms with Crippen molar-refractivity contribution < 1.29 is 4.79 Å². The van der Waals surface area contributed by atoms with E-state index in [4.69, 9.17) is 23.2 Å². The molecule has 0 fully saturated rings. The van der Waals surface area contributed by atoms with E-state index in [-0.39, 0.29) is 11.9 Å². The number of benzene rings is 1. The van der Waals surface area contributed by atoms with Gasteiger partial charge in [-0.05, 0) is 38.5 Å². The predicted molar refractivity (Wildman–Crippen MR) is 77.1 cm³/mol. The molecule has 1 atom stereocenters. The SMILES string of the molecule is CC(c1cccc(Cl)c1)N(C)C(=O)C(C)(C)CCl. The van der Waals surface area contributed by atoms with E-state index in [2.05, 4.69) is 0 Å². The van der Waals surface area contributed by atoms with Crippen LogP contribution in [0.15, 0.2) is 24.3 Å². The normalized spacial score (nSPS) is 13.2. The van der Waals surface area contributed by atoms with E-state index < -0.39 is 5.41 Å². The standard InChI is InChI=1S/C14H19Cl2NO/c1-10(11-6-5-7-12(16)8-11)17(4)13(18)14(2,3)9-15/h5-8,10H,9H2,1-4H3. The van der Waals surface area contributed by atoms with E-state index >= 15 is 0 Å². The number of hydrogen-bond donors (Lipinski definition) is 0. The van der Waals surface area contributed by atoms with E-state index in [9.17, 15) is 4.79 Å². The van der Waals surface area contributed by atoms with Gasteiger partial charge in [0.2, 0.25) is 5.91 Å². The molecule has 0 aromatic heterocycles. The van der Waals surface area contributed by atoms with Crippen LogP contribution < -0.4 is 0 Å². The van der Waals surface area contributed by atoms with Gasteiger partial charge in [0.25, 0.3) is 0 Å². The highest BCUT2D eigenvalue weighted by molar-refractivity contribution is 6.30. The first kappa shape index (κ1) is 15.3. The second kappa shape index (κ2) is 5.94. The van der Waals surface area contributed by atoms with Crippen LogP contribution in [0.1, 0.15) is 32.4 Å². The van der Waals surface area contributed by atoms with E-state index in [1.54, 1.807) is 11.9 Å². The average molecular weight is 288 g/mol. The molecule has 1 amide bonds. The molecule has 0 heterocycles. The summed E-state index contributed by atoms with van der Waals surface area (Å²) in [6, 6.07) is 7.53. The summed E-state index contributed by atoms with van der Waals surface area (Å²) in [5.74, 6) is 0.336. The van der Waals surface area contributed by atoms with Crippen LogP contribution in [0.25, 0.3) is 0 Å². The largest absolute Gasteiger partial charge is 0.338 e. The average Bonchev–Trinajstić information content (AvgIpc) is 2.36. The zero-order valence-electron chi connectivity index (χ0n) is 11.2. The fraction of sp³-hybridized carbons (Fsp3) is 0.500. The molecule has 18 heavy (non-hydrogen) atoms. The Morgan fingerprint density at radius 1 is 1.44 bits per heavy atom. The van der Waals surface area contributed by atoms with Crippen molar-refractivity contribution in [3.63, 3.8) is 0 Å². The lowest BCUT2D eigenvalue weighted by Gasteiger charge is -2.32. The molecule has 0 N–H and O–H groups in total. The fourth-order valence-electron chi connectivity index (χ4n) is 1.70. The minimum atomic E-state index is -0.552. The third kappa shape index (κ3) is 3.39. The number of nitrogens with zero attached hydrogens (tertiary/aromatic N) is 1. The van der Waals surface area contributed by atoms with Crippen LogP contribution in [0.5, 0.6) is 0 Å². The number of rotatable bonds is 4. The first-order chi connectivity index (χ1) is 8.29. The minimum absolute atomic E-state index is 0.0290. The van der Waals surface area contributed by atoms with Gasteiger partial charge in [-0.2, -0.15) is 0 Å². The van der Waals surface area contributed by atoms with Crippen molar-refractivity contribution in [3.05, 3.63) is 34.9 Å². The minimum Gasteiger partial charge on any atom is -0.338 e. The van der Waals surface area contributed by atoms with Gasteiger partial charge in [0.15, 0.2) is 0 Å². The molecule has 0 spiro atoms. The molecule has 1 aromatic carbocycles. The van der Waals surface area contributed by atoms with E-state index in [1.807, 2.05) is 45.0 Å². The van der Waals surface area contributed by atoms with Crippen LogP contribution in [-0.4, -0.2) is 23.7 Å². The lowest BCUT2D eigenvalue weighted by atomic mass is 9.93. The summed E-state index contributed by atoms with van der Waals surface area (Å²) in [6.45, 7) is 5.68. The van der Waals surface area contributed by atoms with Crippen molar-refractivity contribution in [1.82, 2.24) is 4.90 Å². The number of carbonyl (C=O) groups is 1. The Morgan fingerprint density at radius 2 is 2.06 bits per heavy atom. The lowest BCUT2D eigenvalue weighted by Crippen LogP contribution is -2.40. The summed E-state index contributed by atoms with van der Waals surface area (Å²) in [7, 11) is 1.79. The molecule has 0 bridgehead atoms. The topological polar surface area (TPSA) is 20.3 Å². The Morgan fingerprint density at radius 3 is 2.56 bits per heavy atom. The lowest BCUT2D eigenvalue weighted by molar-refractivity contribution is -0.139. The molecule has 0 saturated heterocycles. The second-order valence-corrected chi connectivity index (χ2v) is 5.87. The van der Waals surface area contributed by atoms with Crippen molar-refractivity contribution in [2.75, 3.05) is 12.9 Å². The maximum Gasteiger partial charge on any atom is 0.229 e. The molecular weight excluding hydrogens is 269 g/mol. The Labute approximate surface area is 119 Å². The third-order valence-corrected chi connectivity index (χ3v) is 4.05. The molecule has 2 nitrogen and oxygen atoms in total. The molecule has 0 aliphatic rings. The van der Waals surface area contributed by atoms with Crippen LogP contribution in [0, 0.1) is 5.41 Å². The Kier molecular flexibility index (Phi) is 5.06. The van der Waals surface area contributed by atoms with Gasteiger partial charge in [-0.1, -0.05) is 23.7 Å². The van der Waals surface area contributed by atoms with Gasteiger partial charge in [-0.15, -0.1) is 11.6 Å². The zero-order chi connectivity index (χ0) is 13.9. The maximum atomic E-state index is 12.3. The van der Waals surface area contributed by atoms with Gasteiger partial charge >= 0.3 is 0 Å². The summed E-state index contributed by atoms with van der Waals surface area (Å²) in [5, 5.41) is 0.678. The quantitative estimate of drug-likeness (QED) is 0.763. The van der Waals surface area contributed by atoms with Crippen LogP contribution in [0.4, 0.5) is 0 Å². The van der Waals surface area contributed by atoms with Gasteiger partial charge in [-0.3, -0.25) is 4.79 Å². The van der Waals surface area contributed by atoms with Crippen LogP contribution in [0.2, 0.25) is 5.02 Å². The van der Waals surface area contributed by atoms with E-state index in [0.29, 0.717) is 10.9 Å². The number of hydrogen-bond acceptors (Lipinski definition) is 1. The first-order valence-electron chi connectivity index (χ1n) is 5.88. The van der Waals surface area contributed by atoms with Crippen molar-refractivity contribution in [3.8, 4) is 0 Å². The molecular formula is C14H19Cl2NO. The summed E-state index contributed by atoms with van der Waals surface area (Å²) >= 11 is 11.8. The summed E-state index contributed by atoms with van der Waals surface area (Å²) in [4.78, 5) is 14.0. The number of carbonyl (C=O) groups excluding carboxylic acids is 1. The van der Waals surface area contributed by atoms with Crippen LogP contribution in [-0.2, 0) is 4.79 Å². The van der Waals surface area contributed by atoms with E-state index in [0.717, 1.165) is 5.56 Å². The first-order valence-corrected chi connectivity index (χ1v) is 6.79. The van der Waals surface area contributed by atoms with Crippen LogP contribution in [0.3, 0.4) is 0 Å². The van der Waals surface area contributed by atoms with E-state index in [1.165, 1.54) is 0 Å². The summed E-state index contributed by atoms with van der Waals surface area (Å²) < 4.78 is 0. The molecule has 0 saturated carbocycles. The monoisotopic (exact) mass is 287 g/mol. The Hall–Kier alpha value is -0.730. The maximum absolute atomic E-state index is 12.3. The fourth-order valence-corrected chi connectivity index (χ4v) is 2.01. The number of alkyl halides is 1. The molecule has 1 rings (SSSR count). The van der Waals surface area contributed by atoms with Gasteiger partial charge < -0.3 is 4.90 Å². The van der Waals surface area contributed by atoms with Crippen molar-refractivity contribution in [2.45, 2.75) is 26.8 Å². The van der Waals surface area contributed by atoms with Gasteiger partial charge in [0, 0.05) is 18.0 Å². The third-order valence-electron chi connectivity index (χ3n) is 3.15. The highest BCUT2D eigenvalue weighted by atomic mass is 35.5. The summed E-state index contributed by atoms with van der Waals surface area (Å²) in [5.41, 5.74) is 0.465.